The van der Waals surface area contributed by atoms with E-state index in [4.69, 9.17) is 9.40 Å². The summed E-state index contributed by atoms with van der Waals surface area (Å²) in [6.45, 7) is 0.840. The van der Waals surface area contributed by atoms with Crippen LogP contribution in [0.5, 0.6) is 0 Å². The van der Waals surface area contributed by atoms with Crippen molar-refractivity contribution in [3.63, 3.8) is 0 Å². The second kappa shape index (κ2) is 9.86. The van der Waals surface area contributed by atoms with Crippen LogP contribution in [0.4, 0.5) is 0 Å². The first-order valence-corrected chi connectivity index (χ1v) is 11.7. The maximum atomic E-state index is 13.1. The SMILES string of the molecule is O=C(CCc1nc(-c2ccccc2)c(-c2ccccc2)o1)N1CCCC1Cc1ccccc1. The van der Waals surface area contributed by atoms with Crippen molar-refractivity contribution in [2.24, 2.45) is 0 Å². The zero-order valence-corrected chi connectivity index (χ0v) is 18.7. The monoisotopic (exact) mass is 436 g/mol. The molecule has 1 saturated heterocycles. The zero-order valence-electron chi connectivity index (χ0n) is 18.7. The molecule has 1 aliphatic rings. The Kier molecular flexibility index (Phi) is 6.34. The van der Waals surface area contributed by atoms with Crippen LogP contribution in [0.15, 0.2) is 95.4 Å². The molecule has 4 nitrogen and oxygen atoms in total. The van der Waals surface area contributed by atoms with Gasteiger partial charge in [-0.2, -0.15) is 0 Å². The van der Waals surface area contributed by atoms with E-state index in [0.29, 0.717) is 18.7 Å². The summed E-state index contributed by atoms with van der Waals surface area (Å²) in [6.07, 6.45) is 3.96. The van der Waals surface area contributed by atoms with E-state index in [9.17, 15) is 4.79 Å². The predicted molar refractivity (Wildman–Crippen MR) is 131 cm³/mol. The Morgan fingerprint density at radius 1 is 0.879 bits per heavy atom. The van der Waals surface area contributed by atoms with E-state index in [-0.39, 0.29) is 11.9 Å². The van der Waals surface area contributed by atoms with Gasteiger partial charge in [0.1, 0.15) is 5.69 Å². The normalized spacial score (nSPS) is 15.6. The van der Waals surface area contributed by atoms with Crippen LogP contribution in [0.2, 0.25) is 0 Å². The summed E-state index contributed by atoms with van der Waals surface area (Å²) in [5.41, 5.74) is 4.12. The van der Waals surface area contributed by atoms with Crippen molar-refractivity contribution in [3.8, 4) is 22.6 Å². The van der Waals surface area contributed by atoms with Crippen LogP contribution in [-0.2, 0) is 17.6 Å². The van der Waals surface area contributed by atoms with Gasteiger partial charge in [0, 0.05) is 36.6 Å². The predicted octanol–water partition coefficient (Wildman–Crippen LogP) is 6.17. The number of amides is 1. The molecule has 0 N–H and O–H groups in total. The van der Waals surface area contributed by atoms with E-state index >= 15 is 0 Å². The van der Waals surface area contributed by atoms with Gasteiger partial charge in [0.25, 0.3) is 0 Å². The third-order valence-electron chi connectivity index (χ3n) is 6.32. The van der Waals surface area contributed by atoms with E-state index in [1.165, 1.54) is 5.56 Å². The van der Waals surface area contributed by atoms with Gasteiger partial charge in [0.05, 0.1) is 0 Å². The van der Waals surface area contributed by atoms with Crippen molar-refractivity contribution in [2.45, 2.75) is 38.1 Å². The van der Waals surface area contributed by atoms with Crippen molar-refractivity contribution < 1.29 is 9.21 Å². The Balaban J connectivity index is 1.31. The summed E-state index contributed by atoms with van der Waals surface area (Å²) >= 11 is 0. The van der Waals surface area contributed by atoms with Gasteiger partial charge in [0.2, 0.25) is 5.91 Å². The van der Waals surface area contributed by atoms with Gasteiger partial charge in [-0.25, -0.2) is 4.98 Å². The van der Waals surface area contributed by atoms with Gasteiger partial charge in [-0.3, -0.25) is 4.79 Å². The summed E-state index contributed by atoms with van der Waals surface area (Å²) in [6, 6.07) is 30.8. The number of benzene rings is 3. The minimum atomic E-state index is 0.189. The number of carbonyl (C=O) groups excluding carboxylic acids is 1. The fourth-order valence-corrected chi connectivity index (χ4v) is 4.67. The number of hydrogen-bond donors (Lipinski definition) is 0. The number of nitrogens with zero attached hydrogens (tertiary/aromatic N) is 2. The lowest BCUT2D eigenvalue weighted by atomic mass is 10.0. The lowest BCUT2D eigenvalue weighted by Crippen LogP contribution is -2.36. The molecule has 1 atom stereocenters. The molecule has 4 aromatic rings. The fraction of sp³-hybridized carbons (Fsp3) is 0.241. The maximum absolute atomic E-state index is 13.1. The molecule has 1 unspecified atom stereocenters. The van der Waals surface area contributed by atoms with Crippen LogP contribution in [0.1, 0.15) is 30.7 Å². The third kappa shape index (κ3) is 4.90. The number of aryl methyl sites for hydroxylation is 1. The molecule has 0 bridgehead atoms. The lowest BCUT2D eigenvalue weighted by molar-refractivity contribution is -0.132. The Morgan fingerprint density at radius 3 is 2.21 bits per heavy atom. The second-order valence-corrected chi connectivity index (χ2v) is 8.59. The van der Waals surface area contributed by atoms with Crippen LogP contribution in [0, 0.1) is 0 Å². The molecule has 5 rings (SSSR count). The van der Waals surface area contributed by atoms with Crippen molar-refractivity contribution in [1.29, 1.82) is 0 Å². The topological polar surface area (TPSA) is 46.3 Å². The number of rotatable bonds is 7. The van der Waals surface area contributed by atoms with Crippen molar-refractivity contribution in [3.05, 3.63) is 102 Å². The molecule has 1 aliphatic heterocycles. The van der Waals surface area contributed by atoms with Crippen LogP contribution < -0.4 is 0 Å². The first kappa shape index (κ1) is 21.2. The third-order valence-corrected chi connectivity index (χ3v) is 6.32. The molecule has 2 heterocycles. The van der Waals surface area contributed by atoms with Crippen LogP contribution >= 0.6 is 0 Å². The molecular formula is C29H28N2O2. The van der Waals surface area contributed by atoms with Gasteiger partial charge in [-0.15, -0.1) is 0 Å². The minimum absolute atomic E-state index is 0.189. The molecule has 166 valence electrons. The summed E-state index contributed by atoms with van der Waals surface area (Å²) < 4.78 is 6.21. The van der Waals surface area contributed by atoms with Gasteiger partial charge in [-0.05, 0) is 24.8 Å². The fourth-order valence-electron chi connectivity index (χ4n) is 4.67. The highest BCUT2D eigenvalue weighted by Gasteiger charge is 2.29. The molecule has 1 amide bonds. The quantitative estimate of drug-likeness (QED) is 0.348. The highest BCUT2D eigenvalue weighted by Crippen LogP contribution is 2.33. The largest absolute Gasteiger partial charge is 0.440 e. The molecule has 0 saturated carbocycles. The molecule has 0 aliphatic carbocycles. The van der Waals surface area contributed by atoms with E-state index in [1.54, 1.807) is 0 Å². The van der Waals surface area contributed by atoms with E-state index in [1.807, 2.05) is 66.7 Å². The van der Waals surface area contributed by atoms with Gasteiger partial charge in [-0.1, -0.05) is 91.0 Å². The zero-order chi connectivity index (χ0) is 22.5. The highest BCUT2D eigenvalue weighted by atomic mass is 16.4. The standard InChI is InChI=1S/C29H28N2O2/c32-27(31-20-10-17-25(31)21-22-11-4-1-5-12-22)19-18-26-30-28(23-13-6-2-7-14-23)29(33-26)24-15-8-3-9-16-24/h1-9,11-16,25H,10,17-21H2. The molecule has 33 heavy (non-hydrogen) atoms. The molecule has 1 aromatic heterocycles. The van der Waals surface area contributed by atoms with Crippen LogP contribution in [-0.4, -0.2) is 28.4 Å². The first-order valence-electron chi connectivity index (χ1n) is 11.7. The van der Waals surface area contributed by atoms with Gasteiger partial charge in [0.15, 0.2) is 11.7 Å². The molecule has 3 aromatic carbocycles. The molecular weight excluding hydrogens is 408 g/mol. The number of aromatic nitrogens is 1. The number of carbonyl (C=O) groups is 1. The average Bonchev–Trinajstić information content (AvgIpc) is 3.52. The smallest absolute Gasteiger partial charge is 0.223 e. The first-order chi connectivity index (χ1) is 16.3. The lowest BCUT2D eigenvalue weighted by Gasteiger charge is -2.24. The van der Waals surface area contributed by atoms with E-state index in [0.717, 1.165) is 48.4 Å². The summed E-state index contributed by atoms with van der Waals surface area (Å²) in [4.78, 5) is 20.0. The van der Waals surface area contributed by atoms with Gasteiger partial charge >= 0.3 is 0 Å². The Hall–Kier alpha value is -3.66. The van der Waals surface area contributed by atoms with Crippen LogP contribution in [0.25, 0.3) is 22.6 Å². The maximum Gasteiger partial charge on any atom is 0.223 e. The number of likely N-dealkylation sites (tertiary alicyclic amines) is 1. The Bertz CT molecular complexity index is 1130. The van der Waals surface area contributed by atoms with Crippen LogP contribution in [0.3, 0.4) is 0 Å². The van der Waals surface area contributed by atoms with Crippen molar-refractivity contribution in [2.75, 3.05) is 6.54 Å². The number of oxazole rings is 1. The van der Waals surface area contributed by atoms with E-state index < -0.39 is 0 Å². The Labute approximate surface area is 194 Å². The minimum Gasteiger partial charge on any atom is -0.440 e. The number of hydrogen-bond acceptors (Lipinski definition) is 3. The second-order valence-electron chi connectivity index (χ2n) is 8.59. The summed E-state index contributed by atoms with van der Waals surface area (Å²) in [5, 5.41) is 0. The summed E-state index contributed by atoms with van der Waals surface area (Å²) in [7, 11) is 0. The highest BCUT2D eigenvalue weighted by molar-refractivity contribution is 5.78. The van der Waals surface area contributed by atoms with E-state index in [2.05, 4.69) is 29.2 Å². The van der Waals surface area contributed by atoms with Gasteiger partial charge < -0.3 is 9.32 Å². The molecule has 0 spiro atoms. The van der Waals surface area contributed by atoms with Crippen molar-refractivity contribution >= 4 is 5.91 Å². The molecule has 1 fully saturated rings. The Morgan fingerprint density at radius 2 is 1.52 bits per heavy atom. The molecule has 0 radical (unpaired) electrons. The average molecular weight is 437 g/mol. The van der Waals surface area contributed by atoms with Crippen molar-refractivity contribution in [1.82, 2.24) is 9.88 Å². The molecule has 4 heteroatoms. The summed E-state index contributed by atoms with van der Waals surface area (Å²) in [5.74, 6) is 1.56.